The highest BCUT2D eigenvalue weighted by Gasteiger charge is 2.12. The molecule has 0 aliphatic heterocycles. The normalized spacial score (nSPS) is 10.9. The molecule has 0 aliphatic carbocycles. The van der Waals surface area contributed by atoms with Gasteiger partial charge in [-0.15, -0.1) is 0 Å². The number of aryl methyl sites for hydroxylation is 2. The van der Waals surface area contributed by atoms with Crippen LogP contribution in [0.3, 0.4) is 0 Å². The number of fused-ring (bicyclic) bond motifs is 1. The van der Waals surface area contributed by atoms with Crippen LogP contribution in [-0.4, -0.2) is 42.8 Å². The molecule has 4 aromatic rings. The summed E-state index contributed by atoms with van der Waals surface area (Å²) in [6.45, 7) is 3.89. The van der Waals surface area contributed by atoms with E-state index < -0.39 is 0 Å². The number of carbonyl (C=O) groups is 1. The molecule has 0 fully saturated rings. The van der Waals surface area contributed by atoms with Gasteiger partial charge >= 0.3 is 0 Å². The molecule has 0 bridgehead atoms. The van der Waals surface area contributed by atoms with Crippen LogP contribution in [-0.2, 0) is 24.2 Å². The number of benzene rings is 3. The first kappa shape index (κ1) is 25.1. The van der Waals surface area contributed by atoms with Crippen molar-refractivity contribution in [3.05, 3.63) is 83.7 Å². The molecule has 0 radical (unpaired) electrons. The highest BCUT2D eigenvalue weighted by Crippen LogP contribution is 2.27. The summed E-state index contributed by atoms with van der Waals surface area (Å²) >= 11 is 0. The number of aromatic nitrogens is 2. The average Bonchev–Trinajstić information content (AvgIpc) is 3.24. The highest BCUT2D eigenvalue weighted by molar-refractivity contribution is 5.79. The summed E-state index contributed by atoms with van der Waals surface area (Å²) in [6.07, 6.45) is 1.84. The molecule has 3 aromatic carbocycles. The van der Waals surface area contributed by atoms with Crippen molar-refractivity contribution >= 4 is 16.9 Å². The monoisotopic (exact) mass is 487 g/mol. The molecule has 0 atom stereocenters. The van der Waals surface area contributed by atoms with Crippen LogP contribution in [0.15, 0.2) is 66.7 Å². The van der Waals surface area contributed by atoms with Gasteiger partial charge in [-0.25, -0.2) is 4.98 Å². The minimum absolute atomic E-state index is 0.0257. The van der Waals surface area contributed by atoms with Crippen molar-refractivity contribution in [3.63, 3.8) is 0 Å². The van der Waals surface area contributed by atoms with Crippen LogP contribution in [0.1, 0.15) is 23.4 Å². The summed E-state index contributed by atoms with van der Waals surface area (Å²) in [6, 6.07) is 21.7. The second kappa shape index (κ2) is 12.1. The van der Waals surface area contributed by atoms with Crippen molar-refractivity contribution in [1.29, 1.82) is 0 Å². The third kappa shape index (κ3) is 6.36. The number of ether oxygens (including phenoxy) is 3. The first-order valence-electron chi connectivity index (χ1n) is 12.2. The molecule has 188 valence electrons. The predicted octanol–water partition coefficient (Wildman–Crippen LogP) is 4.73. The van der Waals surface area contributed by atoms with E-state index in [4.69, 9.17) is 19.2 Å². The number of methoxy groups -OCH3 is 2. The van der Waals surface area contributed by atoms with Gasteiger partial charge in [0.05, 0.1) is 38.2 Å². The van der Waals surface area contributed by atoms with Crippen LogP contribution < -0.4 is 19.5 Å². The fraction of sp³-hybridized carbons (Fsp3) is 0.310. The molecule has 36 heavy (non-hydrogen) atoms. The van der Waals surface area contributed by atoms with E-state index in [2.05, 4.69) is 28.9 Å². The average molecular weight is 488 g/mol. The molecule has 1 heterocycles. The second-order valence-electron chi connectivity index (χ2n) is 8.65. The Labute approximate surface area is 212 Å². The molecule has 7 nitrogen and oxygen atoms in total. The maximum absolute atomic E-state index is 12.5. The van der Waals surface area contributed by atoms with Gasteiger partial charge in [0.15, 0.2) is 11.5 Å². The first-order chi connectivity index (χ1) is 17.6. The number of nitrogens with one attached hydrogen (secondary N) is 1. The zero-order valence-electron chi connectivity index (χ0n) is 21.1. The summed E-state index contributed by atoms with van der Waals surface area (Å²) in [5.41, 5.74) is 4.12. The number of hydrogen-bond donors (Lipinski definition) is 1. The minimum Gasteiger partial charge on any atom is -0.493 e. The lowest BCUT2D eigenvalue weighted by Gasteiger charge is -2.12. The Morgan fingerprint density at radius 3 is 2.61 bits per heavy atom. The van der Waals surface area contributed by atoms with Crippen LogP contribution in [0, 0.1) is 6.92 Å². The van der Waals surface area contributed by atoms with Crippen molar-refractivity contribution in [2.45, 2.75) is 32.7 Å². The number of hydrogen-bond acceptors (Lipinski definition) is 5. The van der Waals surface area contributed by atoms with Crippen LogP contribution in [0.5, 0.6) is 17.2 Å². The van der Waals surface area contributed by atoms with E-state index in [-0.39, 0.29) is 12.3 Å². The van der Waals surface area contributed by atoms with Crippen molar-refractivity contribution < 1.29 is 19.0 Å². The summed E-state index contributed by atoms with van der Waals surface area (Å²) in [7, 11) is 3.18. The largest absolute Gasteiger partial charge is 0.493 e. The van der Waals surface area contributed by atoms with Gasteiger partial charge in [-0.2, -0.15) is 0 Å². The third-order valence-corrected chi connectivity index (χ3v) is 6.02. The van der Waals surface area contributed by atoms with Crippen molar-refractivity contribution in [1.82, 2.24) is 14.9 Å². The molecule has 4 rings (SSSR count). The Morgan fingerprint density at radius 1 is 0.972 bits per heavy atom. The second-order valence-corrected chi connectivity index (χ2v) is 8.65. The number of carbonyl (C=O) groups excluding carboxylic acids is 1. The highest BCUT2D eigenvalue weighted by atomic mass is 16.5. The predicted molar refractivity (Wildman–Crippen MR) is 141 cm³/mol. The first-order valence-corrected chi connectivity index (χ1v) is 12.2. The maximum atomic E-state index is 12.5. The molecule has 0 unspecified atom stereocenters. The molecule has 0 saturated carbocycles. The molecule has 7 heteroatoms. The number of nitrogens with zero attached hydrogens (tertiary/aromatic N) is 2. The summed E-state index contributed by atoms with van der Waals surface area (Å²) in [4.78, 5) is 17.3. The van der Waals surface area contributed by atoms with Crippen molar-refractivity contribution in [2.75, 3.05) is 27.4 Å². The van der Waals surface area contributed by atoms with Gasteiger partial charge in [-0.1, -0.05) is 30.3 Å². The van der Waals surface area contributed by atoms with E-state index in [9.17, 15) is 4.79 Å². The third-order valence-electron chi connectivity index (χ3n) is 6.02. The van der Waals surface area contributed by atoms with Crippen molar-refractivity contribution in [2.24, 2.45) is 0 Å². The quantitative estimate of drug-likeness (QED) is 0.293. The molecule has 0 saturated heterocycles. The number of imidazole rings is 1. The Morgan fingerprint density at radius 2 is 1.81 bits per heavy atom. The summed E-state index contributed by atoms with van der Waals surface area (Å²) < 4.78 is 18.8. The zero-order chi connectivity index (χ0) is 25.3. The van der Waals surface area contributed by atoms with Gasteiger partial charge in [0.2, 0.25) is 5.91 Å². The Balaban J connectivity index is 1.31. The summed E-state index contributed by atoms with van der Waals surface area (Å²) in [5.74, 6) is 3.11. The lowest BCUT2D eigenvalue weighted by molar-refractivity contribution is -0.120. The molecule has 1 amide bonds. The fourth-order valence-electron chi connectivity index (χ4n) is 4.24. The molecule has 1 N–H and O–H groups in total. The molecule has 1 aromatic heterocycles. The van der Waals surface area contributed by atoms with Crippen LogP contribution in [0.25, 0.3) is 11.0 Å². The van der Waals surface area contributed by atoms with Gasteiger partial charge in [-0.05, 0) is 60.9 Å². The molecular formula is C29H33N3O4. The Bertz CT molecular complexity index is 1320. The number of para-hydroxylation sites is 2. The van der Waals surface area contributed by atoms with Gasteiger partial charge < -0.3 is 24.1 Å². The lowest BCUT2D eigenvalue weighted by atomic mass is 10.1. The molecular weight excluding hydrogens is 454 g/mol. The van der Waals surface area contributed by atoms with Gasteiger partial charge in [0.1, 0.15) is 18.2 Å². The van der Waals surface area contributed by atoms with E-state index in [1.54, 1.807) is 14.2 Å². The number of rotatable bonds is 12. The van der Waals surface area contributed by atoms with E-state index in [1.165, 1.54) is 5.56 Å². The van der Waals surface area contributed by atoms with E-state index in [0.717, 1.165) is 41.0 Å². The van der Waals surface area contributed by atoms with Gasteiger partial charge in [0, 0.05) is 13.0 Å². The Hall–Kier alpha value is -4.00. The Kier molecular flexibility index (Phi) is 8.44. The van der Waals surface area contributed by atoms with E-state index >= 15 is 0 Å². The SMILES string of the molecule is COc1ccc(CC(=O)NCCCc2nc3ccccc3n2CCOc2cccc(C)c2)cc1OC. The molecule has 0 aliphatic rings. The zero-order valence-corrected chi connectivity index (χ0v) is 21.1. The van der Waals surface area contributed by atoms with E-state index in [1.807, 2.05) is 54.6 Å². The lowest BCUT2D eigenvalue weighted by Crippen LogP contribution is -2.26. The number of amides is 1. The molecule has 0 spiro atoms. The van der Waals surface area contributed by atoms with Crippen LogP contribution in [0.2, 0.25) is 0 Å². The summed E-state index contributed by atoms with van der Waals surface area (Å²) in [5, 5.41) is 3.02. The fourth-order valence-corrected chi connectivity index (χ4v) is 4.24. The van der Waals surface area contributed by atoms with Crippen LogP contribution in [0.4, 0.5) is 0 Å². The van der Waals surface area contributed by atoms with Gasteiger partial charge in [0.25, 0.3) is 0 Å². The minimum atomic E-state index is -0.0257. The standard InChI is InChI=1S/C29H33N3O4/c1-21-8-6-9-23(18-21)36-17-16-32-25-11-5-4-10-24(25)31-28(32)12-7-15-30-29(33)20-22-13-14-26(34-2)27(19-22)35-3/h4-6,8-11,13-14,18-19H,7,12,15-17,20H2,1-3H3,(H,30,33). The maximum Gasteiger partial charge on any atom is 0.224 e. The van der Waals surface area contributed by atoms with E-state index in [0.29, 0.717) is 31.2 Å². The topological polar surface area (TPSA) is 74.6 Å². The van der Waals surface area contributed by atoms with Gasteiger partial charge in [-0.3, -0.25) is 4.79 Å². The van der Waals surface area contributed by atoms with Crippen LogP contribution >= 0.6 is 0 Å². The smallest absolute Gasteiger partial charge is 0.224 e. The van der Waals surface area contributed by atoms with Crippen molar-refractivity contribution in [3.8, 4) is 17.2 Å².